The minimum absolute atomic E-state index is 0.0761. The molecular formula is C14H17F4NO2. The molecule has 0 aromatic heterocycles. The zero-order valence-corrected chi connectivity index (χ0v) is 11.8. The van der Waals surface area contributed by atoms with Crippen LogP contribution in [0.15, 0.2) is 18.2 Å². The van der Waals surface area contributed by atoms with Crippen molar-refractivity contribution in [2.24, 2.45) is 0 Å². The van der Waals surface area contributed by atoms with Crippen molar-refractivity contribution in [1.29, 1.82) is 0 Å². The van der Waals surface area contributed by atoms with Gasteiger partial charge in [0.2, 0.25) is 0 Å². The molecular weight excluding hydrogens is 290 g/mol. The van der Waals surface area contributed by atoms with Gasteiger partial charge in [-0.2, -0.15) is 13.2 Å². The maximum Gasteiger partial charge on any atom is 0.419 e. The predicted molar refractivity (Wildman–Crippen MR) is 69.4 cm³/mol. The average Bonchev–Trinajstić information content (AvgIpc) is 2.36. The smallest absolute Gasteiger partial charge is 0.379 e. The second kappa shape index (κ2) is 7.40. The molecule has 1 rings (SSSR count). The molecule has 1 amide bonds. The molecule has 1 aromatic rings. The first-order chi connectivity index (χ1) is 9.71. The summed E-state index contributed by atoms with van der Waals surface area (Å²) in [5, 5.41) is 2.46. The van der Waals surface area contributed by atoms with E-state index < -0.39 is 23.5 Å². The van der Waals surface area contributed by atoms with Gasteiger partial charge in [0.05, 0.1) is 11.7 Å². The molecule has 3 nitrogen and oxygen atoms in total. The van der Waals surface area contributed by atoms with Crippen LogP contribution in [0.25, 0.3) is 0 Å². The zero-order valence-electron chi connectivity index (χ0n) is 11.8. The Kier molecular flexibility index (Phi) is 6.14. The fraction of sp³-hybridized carbons (Fsp3) is 0.500. The van der Waals surface area contributed by atoms with Gasteiger partial charge in [-0.25, -0.2) is 4.39 Å². The Hall–Kier alpha value is -1.63. The summed E-state index contributed by atoms with van der Waals surface area (Å²) in [7, 11) is 0. The Labute approximate surface area is 120 Å². The van der Waals surface area contributed by atoms with Crippen molar-refractivity contribution in [2.45, 2.75) is 32.5 Å². The summed E-state index contributed by atoms with van der Waals surface area (Å²) in [5.74, 6) is -2.07. The standard InChI is InChI=1S/C14H17F4NO2/c1-9(2)21-7-3-6-19-13(20)10-4-5-12(15)11(8-10)14(16,17)18/h4-5,8-9H,3,6-7H2,1-2H3,(H,19,20). The van der Waals surface area contributed by atoms with Gasteiger partial charge in [-0.1, -0.05) is 0 Å². The fourth-order valence-electron chi connectivity index (χ4n) is 1.58. The van der Waals surface area contributed by atoms with Crippen LogP contribution >= 0.6 is 0 Å². The van der Waals surface area contributed by atoms with E-state index in [0.29, 0.717) is 25.2 Å². The van der Waals surface area contributed by atoms with Gasteiger partial charge in [0.1, 0.15) is 5.82 Å². The average molecular weight is 307 g/mol. The number of benzene rings is 1. The molecule has 0 fully saturated rings. The molecule has 0 saturated carbocycles. The maximum atomic E-state index is 13.1. The molecule has 0 spiro atoms. The molecule has 0 heterocycles. The van der Waals surface area contributed by atoms with Crippen LogP contribution in [0.4, 0.5) is 17.6 Å². The van der Waals surface area contributed by atoms with E-state index in [2.05, 4.69) is 5.32 Å². The Morgan fingerprint density at radius 3 is 2.57 bits per heavy atom. The van der Waals surface area contributed by atoms with Crippen molar-refractivity contribution in [3.05, 3.63) is 35.1 Å². The lowest BCUT2D eigenvalue weighted by Gasteiger charge is -2.11. The van der Waals surface area contributed by atoms with Crippen molar-refractivity contribution >= 4 is 5.91 Å². The molecule has 0 aliphatic carbocycles. The number of halogens is 4. The van der Waals surface area contributed by atoms with Gasteiger partial charge >= 0.3 is 6.18 Å². The third kappa shape index (κ3) is 5.71. The normalized spacial score (nSPS) is 11.8. The lowest BCUT2D eigenvalue weighted by molar-refractivity contribution is -0.140. The van der Waals surface area contributed by atoms with Crippen molar-refractivity contribution in [3.63, 3.8) is 0 Å². The molecule has 21 heavy (non-hydrogen) atoms. The van der Waals surface area contributed by atoms with Crippen LogP contribution in [-0.4, -0.2) is 25.2 Å². The molecule has 118 valence electrons. The van der Waals surface area contributed by atoms with Gasteiger partial charge < -0.3 is 10.1 Å². The van der Waals surface area contributed by atoms with Crippen LogP contribution in [-0.2, 0) is 10.9 Å². The first-order valence-corrected chi connectivity index (χ1v) is 6.48. The molecule has 0 radical (unpaired) electrons. The molecule has 0 unspecified atom stereocenters. The number of hydrogen-bond acceptors (Lipinski definition) is 2. The van der Waals surface area contributed by atoms with E-state index in [9.17, 15) is 22.4 Å². The van der Waals surface area contributed by atoms with Gasteiger partial charge in [-0.05, 0) is 38.5 Å². The molecule has 7 heteroatoms. The quantitative estimate of drug-likeness (QED) is 0.646. The van der Waals surface area contributed by atoms with Gasteiger partial charge in [0, 0.05) is 18.7 Å². The number of carbonyl (C=O) groups is 1. The molecule has 0 bridgehead atoms. The number of nitrogens with one attached hydrogen (secondary N) is 1. The Bertz CT molecular complexity index is 486. The molecule has 0 saturated heterocycles. The Morgan fingerprint density at radius 2 is 2.00 bits per heavy atom. The van der Waals surface area contributed by atoms with Crippen LogP contribution in [0.5, 0.6) is 0 Å². The van der Waals surface area contributed by atoms with E-state index in [-0.39, 0.29) is 18.2 Å². The van der Waals surface area contributed by atoms with E-state index in [1.54, 1.807) is 0 Å². The lowest BCUT2D eigenvalue weighted by atomic mass is 10.1. The SMILES string of the molecule is CC(C)OCCCNC(=O)c1ccc(F)c(C(F)(F)F)c1. The number of hydrogen-bond donors (Lipinski definition) is 1. The lowest BCUT2D eigenvalue weighted by Crippen LogP contribution is -2.26. The van der Waals surface area contributed by atoms with Gasteiger partial charge in [0.15, 0.2) is 0 Å². The number of alkyl halides is 3. The van der Waals surface area contributed by atoms with Crippen LogP contribution in [0.2, 0.25) is 0 Å². The first kappa shape index (κ1) is 17.4. The Balaban J connectivity index is 2.59. The van der Waals surface area contributed by atoms with Crippen LogP contribution in [0, 0.1) is 5.82 Å². The maximum absolute atomic E-state index is 13.1. The molecule has 1 N–H and O–H groups in total. The largest absolute Gasteiger partial charge is 0.419 e. The highest BCUT2D eigenvalue weighted by atomic mass is 19.4. The highest BCUT2D eigenvalue weighted by Crippen LogP contribution is 2.31. The minimum Gasteiger partial charge on any atom is -0.379 e. The van der Waals surface area contributed by atoms with Crippen molar-refractivity contribution < 1.29 is 27.1 Å². The zero-order chi connectivity index (χ0) is 16.0. The van der Waals surface area contributed by atoms with Crippen molar-refractivity contribution in [1.82, 2.24) is 5.32 Å². The summed E-state index contributed by atoms with van der Waals surface area (Å²) in [4.78, 5) is 11.7. The second-order valence-corrected chi connectivity index (χ2v) is 4.72. The molecule has 0 aliphatic heterocycles. The number of carbonyl (C=O) groups excluding carboxylic acids is 1. The summed E-state index contributed by atoms with van der Waals surface area (Å²) in [6.45, 7) is 4.45. The third-order valence-corrected chi connectivity index (χ3v) is 2.59. The number of rotatable bonds is 6. The van der Waals surface area contributed by atoms with E-state index in [0.717, 1.165) is 6.07 Å². The Morgan fingerprint density at radius 1 is 1.33 bits per heavy atom. The van der Waals surface area contributed by atoms with E-state index in [4.69, 9.17) is 4.74 Å². The van der Waals surface area contributed by atoms with E-state index in [1.807, 2.05) is 13.8 Å². The monoisotopic (exact) mass is 307 g/mol. The van der Waals surface area contributed by atoms with Gasteiger partial charge in [-0.3, -0.25) is 4.79 Å². The molecule has 0 aliphatic rings. The fourth-order valence-corrected chi connectivity index (χ4v) is 1.58. The van der Waals surface area contributed by atoms with Gasteiger partial charge in [0.25, 0.3) is 5.91 Å². The van der Waals surface area contributed by atoms with Crippen molar-refractivity contribution in [3.8, 4) is 0 Å². The summed E-state index contributed by atoms with van der Waals surface area (Å²) >= 11 is 0. The van der Waals surface area contributed by atoms with Gasteiger partial charge in [-0.15, -0.1) is 0 Å². The summed E-state index contributed by atoms with van der Waals surface area (Å²) in [6, 6.07) is 2.17. The predicted octanol–water partition coefficient (Wildman–Crippen LogP) is 3.39. The van der Waals surface area contributed by atoms with E-state index in [1.165, 1.54) is 0 Å². The summed E-state index contributed by atoms with van der Waals surface area (Å²) < 4.78 is 55.9. The van der Waals surface area contributed by atoms with E-state index >= 15 is 0 Å². The van der Waals surface area contributed by atoms with Crippen molar-refractivity contribution in [2.75, 3.05) is 13.2 Å². The summed E-state index contributed by atoms with van der Waals surface area (Å²) in [6.07, 6.45) is -4.21. The molecule has 1 aromatic carbocycles. The minimum atomic E-state index is -4.83. The van der Waals surface area contributed by atoms with Crippen LogP contribution in [0.1, 0.15) is 36.2 Å². The van der Waals surface area contributed by atoms with Crippen LogP contribution in [0.3, 0.4) is 0 Å². The number of amides is 1. The highest BCUT2D eigenvalue weighted by Gasteiger charge is 2.34. The van der Waals surface area contributed by atoms with Crippen LogP contribution < -0.4 is 5.32 Å². The number of ether oxygens (including phenoxy) is 1. The highest BCUT2D eigenvalue weighted by molar-refractivity contribution is 5.94. The first-order valence-electron chi connectivity index (χ1n) is 6.48. The third-order valence-electron chi connectivity index (χ3n) is 2.59. The molecule has 0 atom stereocenters. The second-order valence-electron chi connectivity index (χ2n) is 4.72. The summed E-state index contributed by atoms with van der Waals surface area (Å²) in [5.41, 5.74) is -1.67. The topological polar surface area (TPSA) is 38.3 Å².